The molecule has 17 heteroatoms. The average Bonchev–Trinajstić information content (AvgIpc) is 3.71. The van der Waals surface area contributed by atoms with Crippen LogP contribution in [0.2, 0.25) is 25.7 Å². The van der Waals surface area contributed by atoms with E-state index in [1.165, 1.54) is 26.5 Å². The van der Waals surface area contributed by atoms with Crippen LogP contribution in [0.3, 0.4) is 0 Å². The predicted molar refractivity (Wildman–Crippen MR) is 205 cm³/mol. The Labute approximate surface area is 327 Å². The predicted octanol–water partition coefficient (Wildman–Crippen LogP) is 8.46. The van der Waals surface area contributed by atoms with Crippen LogP contribution in [0.5, 0.6) is 0 Å². The molecule has 0 bridgehead atoms. The number of hydrogen-bond donors (Lipinski definition) is 0. The van der Waals surface area contributed by atoms with Gasteiger partial charge in [-0.3, -0.25) is 23.6 Å². The molecule has 2 aliphatic heterocycles. The van der Waals surface area contributed by atoms with Crippen LogP contribution in [-0.4, -0.2) is 87.0 Å². The second-order valence-corrected chi connectivity index (χ2v) is 23.0. The van der Waals surface area contributed by atoms with E-state index in [1.54, 1.807) is 26.8 Å². The molecule has 5 heterocycles. The van der Waals surface area contributed by atoms with Crippen molar-refractivity contribution in [3.05, 3.63) is 75.3 Å². The molecule has 2 amide bonds. The van der Waals surface area contributed by atoms with Crippen molar-refractivity contribution in [2.75, 3.05) is 26.2 Å². The fourth-order valence-electron chi connectivity index (χ4n) is 7.22. The van der Waals surface area contributed by atoms with Gasteiger partial charge < -0.3 is 14.4 Å². The van der Waals surface area contributed by atoms with E-state index in [0.29, 0.717) is 36.9 Å². The average molecular weight is 815 g/mol. The molecule has 3 aromatic heterocycles. The van der Waals surface area contributed by atoms with Gasteiger partial charge in [0.05, 0.1) is 24.7 Å². The van der Waals surface area contributed by atoms with Gasteiger partial charge in [0.1, 0.15) is 52.6 Å². The minimum absolute atomic E-state index is 0.0504. The Hall–Kier alpha value is -4.64. The lowest BCUT2D eigenvalue weighted by atomic mass is 9.96. The normalized spacial score (nSPS) is 18.1. The molecule has 0 spiro atoms. The SMILES string of the molecule is CC(C)(C)OC(=O)N1CCC[C@@H]1c1nc2c(C(F)(F)F)cn(-c3cc(-c4ccc(F)cc4C(=O)N4CC(F)C4)cc(C4CC4)n3)c(=O)c2n1COCC[Si](C)(C)C. The lowest BCUT2D eigenvalue weighted by molar-refractivity contribution is -0.136. The third-order valence-corrected chi connectivity index (χ3v) is 12.1. The van der Waals surface area contributed by atoms with E-state index >= 15 is 13.2 Å². The number of imidazole rings is 1. The van der Waals surface area contributed by atoms with Crippen LogP contribution in [0.4, 0.5) is 26.7 Å². The van der Waals surface area contributed by atoms with E-state index in [1.807, 2.05) is 0 Å². The molecule has 0 radical (unpaired) electrons. The van der Waals surface area contributed by atoms with Crippen LogP contribution in [0.1, 0.15) is 85.9 Å². The highest BCUT2D eigenvalue weighted by atomic mass is 28.3. The number of amides is 2. The summed E-state index contributed by atoms with van der Waals surface area (Å²) in [6.45, 7) is 11.6. The first-order valence-corrected chi connectivity index (χ1v) is 23.0. The monoisotopic (exact) mass is 814 g/mol. The van der Waals surface area contributed by atoms with E-state index in [2.05, 4.69) is 29.6 Å². The van der Waals surface area contributed by atoms with Crippen molar-refractivity contribution in [2.45, 2.75) is 109 Å². The Bertz CT molecular complexity index is 2270. The summed E-state index contributed by atoms with van der Waals surface area (Å²) in [5, 5.41) is 0. The van der Waals surface area contributed by atoms with Crippen molar-refractivity contribution in [3.63, 3.8) is 0 Å². The van der Waals surface area contributed by atoms with Gasteiger partial charge in [-0.2, -0.15) is 13.2 Å². The zero-order valence-electron chi connectivity index (χ0n) is 32.9. The second kappa shape index (κ2) is 14.9. The second-order valence-electron chi connectivity index (χ2n) is 17.4. The number of carbonyl (C=O) groups excluding carboxylic acids is 2. The maximum atomic E-state index is 15.2. The van der Waals surface area contributed by atoms with Gasteiger partial charge in [-0.15, -0.1) is 0 Å². The molecular formula is C40H47F5N6O5Si. The number of pyridine rings is 2. The van der Waals surface area contributed by atoms with Gasteiger partial charge in [-0.1, -0.05) is 25.7 Å². The zero-order chi connectivity index (χ0) is 41.2. The van der Waals surface area contributed by atoms with Crippen LogP contribution in [0, 0.1) is 5.82 Å². The first kappa shape index (κ1) is 40.5. The number of hydrogen-bond acceptors (Lipinski definition) is 7. The Kier molecular flexibility index (Phi) is 10.6. The molecular weight excluding hydrogens is 768 g/mol. The van der Waals surface area contributed by atoms with Crippen molar-refractivity contribution in [1.82, 2.24) is 28.9 Å². The molecule has 3 fully saturated rings. The molecule has 1 aliphatic carbocycles. The Balaban J connectivity index is 1.41. The molecule has 0 unspecified atom stereocenters. The summed E-state index contributed by atoms with van der Waals surface area (Å²) < 4.78 is 87.8. The highest BCUT2D eigenvalue weighted by molar-refractivity contribution is 6.76. The van der Waals surface area contributed by atoms with Crippen molar-refractivity contribution in [1.29, 1.82) is 0 Å². The molecule has 7 rings (SSSR count). The number of benzene rings is 1. The van der Waals surface area contributed by atoms with Gasteiger partial charge in [0.15, 0.2) is 0 Å². The number of likely N-dealkylation sites (tertiary alicyclic amines) is 2. The van der Waals surface area contributed by atoms with Crippen LogP contribution in [-0.2, 0) is 22.4 Å². The van der Waals surface area contributed by atoms with Crippen molar-refractivity contribution < 1.29 is 41.0 Å². The molecule has 1 aromatic carbocycles. The number of halogens is 5. The number of alkyl halides is 4. The fraction of sp³-hybridized carbons (Fsp3) is 0.525. The van der Waals surface area contributed by atoms with Gasteiger partial charge in [0.2, 0.25) is 0 Å². The quantitative estimate of drug-likeness (QED) is 0.0898. The first-order valence-electron chi connectivity index (χ1n) is 19.2. The summed E-state index contributed by atoms with van der Waals surface area (Å²) in [6.07, 6.45) is -3.76. The van der Waals surface area contributed by atoms with Crippen LogP contribution in [0.25, 0.3) is 28.0 Å². The lowest BCUT2D eigenvalue weighted by Crippen LogP contribution is -2.51. The summed E-state index contributed by atoms with van der Waals surface area (Å²) in [5.74, 6) is -1.42. The van der Waals surface area contributed by atoms with Gasteiger partial charge in [0.25, 0.3) is 11.5 Å². The standard InChI is InChI=1S/C40H47F5N6O5Si/c1-39(2,3)56-38(54)49-13-7-8-31(49)35-47-33-29(40(43,44)45)21-50(37(53)34(33)51(35)22-55-14-15-57(4,5)6)32-17-24(16-30(46-32)23-9-10-23)27-12-11-25(41)18-28(27)36(52)48-19-26(42)20-48/h11-12,16-18,21,23,26,31H,7-10,13-15,19-20,22H2,1-6H3/t31-/m1/s1. The Morgan fingerprint density at radius 3 is 2.35 bits per heavy atom. The third-order valence-electron chi connectivity index (χ3n) is 10.4. The first-order chi connectivity index (χ1) is 26.7. The number of ether oxygens (including phenoxy) is 2. The third kappa shape index (κ3) is 8.64. The minimum atomic E-state index is -4.98. The van der Waals surface area contributed by atoms with E-state index in [4.69, 9.17) is 9.47 Å². The van der Waals surface area contributed by atoms with Crippen LogP contribution < -0.4 is 5.56 Å². The topological polar surface area (TPSA) is 112 Å². The number of nitrogens with zero attached hydrogens (tertiary/aromatic N) is 6. The lowest BCUT2D eigenvalue weighted by Gasteiger charge is -2.34. The molecule has 4 aromatic rings. The van der Waals surface area contributed by atoms with Gasteiger partial charge in [0, 0.05) is 39.0 Å². The van der Waals surface area contributed by atoms with Gasteiger partial charge in [-0.05, 0) is 87.9 Å². The molecule has 1 saturated carbocycles. The summed E-state index contributed by atoms with van der Waals surface area (Å²) in [7, 11) is -1.59. The van der Waals surface area contributed by atoms with Crippen LogP contribution in [0.15, 0.2) is 41.3 Å². The Morgan fingerprint density at radius 2 is 1.72 bits per heavy atom. The number of rotatable bonds is 10. The van der Waals surface area contributed by atoms with Gasteiger partial charge in [-0.25, -0.2) is 23.5 Å². The smallest absolute Gasteiger partial charge is 0.419 e. The van der Waals surface area contributed by atoms with Crippen LogP contribution >= 0.6 is 0 Å². The summed E-state index contributed by atoms with van der Waals surface area (Å²) in [6, 6.07) is 6.61. The van der Waals surface area contributed by atoms with E-state index < -0.39 is 66.5 Å². The molecule has 306 valence electrons. The molecule has 57 heavy (non-hydrogen) atoms. The maximum absolute atomic E-state index is 15.2. The molecule has 0 N–H and O–H groups in total. The largest absolute Gasteiger partial charge is 0.444 e. The van der Waals surface area contributed by atoms with Crippen molar-refractivity contribution in [2.24, 2.45) is 0 Å². The van der Waals surface area contributed by atoms with Gasteiger partial charge >= 0.3 is 12.3 Å². The Morgan fingerprint density at radius 1 is 1.00 bits per heavy atom. The molecule has 3 aliphatic rings. The fourth-order valence-corrected chi connectivity index (χ4v) is 7.98. The summed E-state index contributed by atoms with van der Waals surface area (Å²) >= 11 is 0. The van der Waals surface area contributed by atoms with Crippen molar-refractivity contribution >= 4 is 31.1 Å². The summed E-state index contributed by atoms with van der Waals surface area (Å²) in [4.78, 5) is 53.5. The van der Waals surface area contributed by atoms with Crippen molar-refractivity contribution in [3.8, 4) is 16.9 Å². The summed E-state index contributed by atoms with van der Waals surface area (Å²) in [5.41, 5.74) is -2.84. The maximum Gasteiger partial charge on any atom is 0.419 e. The highest BCUT2D eigenvalue weighted by Crippen LogP contribution is 2.42. The van der Waals surface area contributed by atoms with E-state index in [-0.39, 0.29) is 60.6 Å². The molecule has 2 saturated heterocycles. The molecule has 1 atom stereocenters. The van der Waals surface area contributed by atoms with E-state index in [9.17, 15) is 23.2 Å². The zero-order valence-corrected chi connectivity index (χ0v) is 33.9. The minimum Gasteiger partial charge on any atom is -0.444 e. The number of carbonyl (C=O) groups is 2. The number of aromatic nitrogens is 4. The van der Waals surface area contributed by atoms with E-state index in [0.717, 1.165) is 35.6 Å². The molecule has 11 nitrogen and oxygen atoms in total. The highest BCUT2D eigenvalue weighted by Gasteiger charge is 2.41. The number of fused-ring (bicyclic) bond motifs is 1.